The standard InChI is InChI=1S/C10H19NO4S/c1-4-10(12)11-9(3)6-5-8(2)7-15-16(13)14/h4,8-9H,1,5-7H2,2-3H3,(H,11,12)(H,13,14)/p-1. The summed E-state index contributed by atoms with van der Waals surface area (Å²) in [6.07, 6.45) is 2.79. The second kappa shape index (κ2) is 8.43. The van der Waals surface area contributed by atoms with Crippen LogP contribution in [0.4, 0.5) is 0 Å². The van der Waals surface area contributed by atoms with E-state index < -0.39 is 11.4 Å². The quantitative estimate of drug-likeness (QED) is 0.511. The zero-order chi connectivity index (χ0) is 12.6. The average molecular weight is 248 g/mol. The van der Waals surface area contributed by atoms with Crippen molar-refractivity contribution in [3.8, 4) is 0 Å². The van der Waals surface area contributed by atoms with Crippen molar-refractivity contribution in [3.63, 3.8) is 0 Å². The molecule has 0 fully saturated rings. The smallest absolute Gasteiger partial charge is 0.243 e. The van der Waals surface area contributed by atoms with Gasteiger partial charge in [0.2, 0.25) is 5.91 Å². The van der Waals surface area contributed by atoms with Gasteiger partial charge >= 0.3 is 0 Å². The van der Waals surface area contributed by atoms with Crippen molar-refractivity contribution in [3.05, 3.63) is 12.7 Å². The molecule has 0 aromatic carbocycles. The maximum atomic E-state index is 10.9. The third-order valence-corrected chi connectivity index (χ3v) is 2.44. The van der Waals surface area contributed by atoms with Crippen LogP contribution in [0.5, 0.6) is 0 Å². The van der Waals surface area contributed by atoms with E-state index >= 15 is 0 Å². The fourth-order valence-electron chi connectivity index (χ4n) is 1.16. The molecule has 0 aromatic rings. The van der Waals surface area contributed by atoms with Crippen LogP contribution in [0.2, 0.25) is 0 Å². The number of carbonyl (C=O) groups is 1. The first-order valence-corrected chi connectivity index (χ1v) is 6.11. The minimum absolute atomic E-state index is 0.0469. The molecule has 0 bridgehead atoms. The summed E-state index contributed by atoms with van der Waals surface area (Å²) in [6.45, 7) is 7.32. The number of amides is 1. The summed E-state index contributed by atoms with van der Waals surface area (Å²) in [6, 6.07) is 0.0469. The highest BCUT2D eigenvalue weighted by Crippen LogP contribution is 2.08. The third kappa shape index (κ3) is 8.58. The first kappa shape index (κ1) is 15.3. The van der Waals surface area contributed by atoms with Crippen LogP contribution >= 0.6 is 0 Å². The van der Waals surface area contributed by atoms with Gasteiger partial charge in [0.25, 0.3) is 0 Å². The van der Waals surface area contributed by atoms with Crippen LogP contribution in [0.1, 0.15) is 26.7 Å². The van der Waals surface area contributed by atoms with Crippen molar-refractivity contribution in [1.82, 2.24) is 5.32 Å². The van der Waals surface area contributed by atoms with E-state index in [2.05, 4.69) is 16.1 Å². The molecule has 0 heterocycles. The molecule has 94 valence electrons. The van der Waals surface area contributed by atoms with Crippen molar-refractivity contribution in [2.24, 2.45) is 5.92 Å². The van der Waals surface area contributed by atoms with Crippen molar-refractivity contribution in [2.75, 3.05) is 6.61 Å². The molecule has 0 aliphatic carbocycles. The molecule has 16 heavy (non-hydrogen) atoms. The molecule has 0 aromatic heterocycles. The summed E-state index contributed by atoms with van der Waals surface area (Å²) in [5.74, 6) is -0.0574. The van der Waals surface area contributed by atoms with Crippen LogP contribution in [0, 0.1) is 5.92 Å². The molecule has 3 unspecified atom stereocenters. The first-order valence-electron chi connectivity index (χ1n) is 5.11. The fraction of sp³-hybridized carbons (Fsp3) is 0.700. The molecular formula is C10H18NO4S-. The molecule has 0 radical (unpaired) electrons. The van der Waals surface area contributed by atoms with E-state index in [-0.39, 0.29) is 24.5 Å². The van der Waals surface area contributed by atoms with E-state index in [1.807, 2.05) is 13.8 Å². The lowest BCUT2D eigenvalue weighted by atomic mass is 10.0. The maximum absolute atomic E-state index is 10.9. The predicted molar refractivity (Wildman–Crippen MR) is 61.1 cm³/mol. The van der Waals surface area contributed by atoms with Gasteiger partial charge in [0, 0.05) is 6.04 Å². The molecule has 6 heteroatoms. The van der Waals surface area contributed by atoms with Gasteiger partial charge in [-0.1, -0.05) is 13.5 Å². The molecule has 1 amide bonds. The third-order valence-electron chi connectivity index (χ3n) is 2.12. The summed E-state index contributed by atoms with van der Waals surface area (Å²) in [4.78, 5) is 10.9. The minimum atomic E-state index is -2.44. The molecule has 3 atom stereocenters. The van der Waals surface area contributed by atoms with Gasteiger partial charge in [0.05, 0.1) is 18.0 Å². The van der Waals surface area contributed by atoms with Gasteiger partial charge in [-0.15, -0.1) is 0 Å². The second-order valence-electron chi connectivity index (χ2n) is 3.78. The normalized spacial score (nSPS) is 16.2. The Kier molecular flexibility index (Phi) is 8.05. The highest BCUT2D eigenvalue weighted by atomic mass is 32.2. The van der Waals surface area contributed by atoms with Crippen molar-refractivity contribution in [1.29, 1.82) is 0 Å². The van der Waals surface area contributed by atoms with E-state index in [1.54, 1.807) is 0 Å². The van der Waals surface area contributed by atoms with Gasteiger partial charge in [-0.3, -0.25) is 4.79 Å². The van der Waals surface area contributed by atoms with Crippen LogP contribution in [0.3, 0.4) is 0 Å². The van der Waals surface area contributed by atoms with Gasteiger partial charge in [-0.05, 0) is 31.8 Å². The van der Waals surface area contributed by atoms with E-state index in [0.717, 1.165) is 12.8 Å². The summed E-state index contributed by atoms with van der Waals surface area (Å²) in [7, 11) is 0. The number of hydrogen-bond acceptors (Lipinski definition) is 4. The zero-order valence-electron chi connectivity index (χ0n) is 9.60. The molecule has 0 saturated heterocycles. The number of hydrogen-bond donors (Lipinski definition) is 1. The Bertz CT molecular complexity index is 257. The highest BCUT2D eigenvalue weighted by molar-refractivity contribution is 7.74. The summed E-state index contributed by atoms with van der Waals surface area (Å²) >= 11 is -2.44. The highest BCUT2D eigenvalue weighted by Gasteiger charge is 2.08. The molecule has 0 rings (SSSR count). The number of nitrogens with one attached hydrogen (secondary N) is 1. The van der Waals surface area contributed by atoms with Gasteiger partial charge in [-0.2, -0.15) is 0 Å². The summed E-state index contributed by atoms with van der Waals surface area (Å²) in [5, 5.41) is 2.73. The van der Waals surface area contributed by atoms with Crippen molar-refractivity contribution in [2.45, 2.75) is 32.7 Å². The van der Waals surface area contributed by atoms with Crippen LogP contribution in [0.15, 0.2) is 12.7 Å². The number of carbonyl (C=O) groups excluding carboxylic acids is 1. The van der Waals surface area contributed by atoms with E-state index in [9.17, 15) is 13.6 Å². The second-order valence-corrected chi connectivity index (χ2v) is 4.43. The number of rotatable bonds is 8. The fourth-order valence-corrected chi connectivity index (χ4v) is 1.51. The molecule has 1 N–H and O–H groups in total. The Hall–Kier alpha value is -0.720. The SMILES string of the molecule is C=CC(=O)NC(C)CCC(C)COS(=O)[O-]. The Balaban J connectivity index is 3.65. The van der Waals surface area contributed by atoms with E-state index in [1.165, 1.54) is 6.08 Å². The molecule has 0 saturated carbocycles. The van der Waals surface area contributed by atoms with Crippen LogP contribution < -0.4 is 5.32 Å². The Labute approximate surface area is 98.7 Å². The van der Waals surface area contributed by atoms with Gasteiger partial charge < -0.3 is 14.1 Å². The van der Waals surface area contributed by atoms with Crippen LogP contribution in [-0.2, 0) is 20.3 Å². The molecule has 5 nitrogen and oxygen atoms in total. The molecular weight excluding hydrogens is 230 g/mol. The Morgan fingerprint density at radius 2 is 2.19 bits per heavy atom. The first-order chi connectivity index (χ1) is 7.45. The Morgan fingerprint density at radius 1 is 1.56 bits per heavy atom. The monoisotopic (exact) mass is 248 g/mol. The lowest BCUT2D eigenvalue weighted by Gasteiger charge is -2.16. The van der Waals surface area contributed by atoms with Crippen LogP contribution in [-0.4, -0.2) is 27.3 Å². The average Bonchev–Trinajstić information content (AvgIpc) is 2.23. The molecule has 0 aliphatic rings. The largest absolute Gasteiger partial charge is 0.750 e. The van der Waals surface area contributed by atoms with Crippen LogP contribution in [0.25, 0.3) is 0 Å². The van der Waals surface area contributed by atoms with Crippen molar-refractivity contribution < 1.29 is 17.7 Å². The zero-order valence-corrected chi connectivity index (χ0v) is 10.4. The maximum Gasteiger partial charge on any atom is 0.243 e. The summed E-state index contributed by atoms with van der Waals surface area (Å²) < 4.78 is 24.7. The van der Waals surface area contributed by atoms with Crippen molar-refractivity contribution >= 4 is 17.3 Å². The lowest BCUT2D eigenvalue weighted by Crippen LogP contribution is -2.31. The van der Waals surface area contributed by atoms with E-state index in [4.69, 9.17) is 0 Å². The molecule has 0 spiro atoms. The van der Waals surface area contributed by atoms with Gasteiger partial charge in [0.15, 0.2) is 0 Å². The topological polar surface area (TPSA) is 78.5 Å². The minimum Gasteiger partial charge on any atom is -0.750 e. The van der Waals surface area contributed by atoms with Gasteiger partial charge in [-0.25, -0.2) is 4.21 Å². The summed E-state index contributed by atoms with van der Waals surface area (Å²) in [5.41, 5.74) is 0. The Morgan fingerprint density at radius 3 is 2.69 bits per heavy atom. The lowest BCUT2D eigenvalue weighted by molar-refractivity contribution is -0.117. The predicted octanol–water partition coefficient (Wildman–Crippen LogP) is 0.904. The van der Waals surface area contributed by atoms with E-state index in [0.29, 0.717) is 0 Å². The molecule has 0 aliphatic heterocycles. The van der Waals surface area contributed by atoms with Gasteiger partial charge in [0.1, 0.15) is 0 Å².